The molecule has 0 saturated carbocycles. The molecule has 5 nitrogen and oxygen atoms in total. The zero-order valence-electron chi connectivity index (χ0n) is 7.15. The third-order valence-corrected chi connectivity index (χ3v) is 1.53. The maximum absolute atomic E-state index is 11.2. The van der Waals surface area contributed by atoms with E-state index in [1.54, 1.807) is 0 Å². The van der Waals surface area contributed by atoms with Gasteiger partial charge in [0.1, 0.15) is 12.3 Å². The summed E-state index contributed by atoms with van der Waals surface area (Å²) < 4.78 is 4.63. The van der Waals surface area contributed by atoms with Crippen LogP contribution in [0.2, 0.25) is 0 Å². The first-order valence-corrected chi connectivity index (χ1v) is 3.86. The fraction of sp³-hybridized carbons (Fsp3) is 0.375. The summed E-state index contributed by atoms with van der Waals surface area (Å²) in [7, 11) is 0. The Morgan fingerprint density at radius 3 is 3.15 bits per heavy atom. The molecule has 1 N–H and O–H groups in total. The normalized spacial score (nSPS) is 11.7. The maximum atomic E-state index is 11.2. The summed E-state index contributed by atoms with van der Waals surface area (Å²) >= 11 is 0. The minimum absolute atomic E-state index is 0.189. The first-order chi connectivity index (χ1) is 6.27. The van der Waals surface area contributed by atoms with Crippen LogP contribution in [-0.4, -0.2) is 16.9 Å². The standard InChI is InChI=1S/C8H9N3O2/c1-2-6(3-9)11-8(12)7-4-13-5-10-7/h4-6H,2H2,1H3,(H,11,12)/t6-/m0/s1. The Bertz CT molecular complexity index is 313. The van der Waals surface area contributed by atoms with Crippen molar-refractivity contribution in [2.24, 2.45) is 0 Å². The second-order valence-corrected chi connectivity index (χ2v) is 2.44. The van der Waals surface area contributed by atoms with E-state index in [-0.39, 0.29) is 11.6 Å². The van der Waals surface area contributed by atoms with Gasteiger partial charge in [-0.15, -0.1) is 0 Å². The summed E-state index contributed by atoms with van der Waals surface area (Å²) in [5, 5.41) is 11.1. The third-order valence-electron chi connectivity index (χ3n) is 1.53. The molecular weight excluding hydrogens is 170 g/mol. The van der Waals surface area contributed by atoms with Gasteiger partial charge in [0.05, 0.1) is 6.07 Å². The molecule has 0 aromatic carbocycles. The number of nitrogens with one attached hydrogen (secondary N) is 1. The lowest BCUT2D eigenvalue weighted by molar-refractivity contribution is 0.0939. The predicted octanol–water partition coefficient (Wildman–Crippen LogP) is 0.707. The second kappa shape index (κ2) is 4.26. The molecule has 1 aromatic heterocycles. The Morgan fingerprint density at radius 2 is 2.69 bits per heavy atom. The van der Waals surface area contributed by atoms with Crippen molar-refractivity contribution in [2.45, 2.75) is 19.4 Å². The zero-order valence-corrected chi connectivity index (χ0v) is 7.15. The summed E-state index contributed by atoms with van der Waals surface area (Å²) in [6.07, 6.45) is 2.97. The summed E-state index contributed by atoms with van der Waals surface area (Å²) in [6.45, 7) is 1.82. The summed E-state index contributed by atoms with van der Waals surface area (Å²) in [6, 6.07) is 1.49. The predicted molar refractivity (Wildman–Crippen MR) is 43.7 cm³/mol. The van der Waals surface area contributed by atoms with E-state index in [0.29, 0.717) is 6.42 Å². The van der Waals surface area contributed by atoms with Gasteiger partial charge in [0.25, 0.3) is 5.91 Å². The van der Waals surface area contributed by atoms with Gasteiger partial charge in [-0.2, -0.15) is 5.26 Å². The minimum Gasteiger partial charge on any atom is -0.451 e. The van der Waals surface area contributed by atoms with Crippen molar-refractivity contribution in [3.8, 4) is 6.07 Å². The lowest BCUT2D eigenvalue weighted by atomic mass is 10.2. The van der Waals surface area contributed by atoms with Gasteiger partial charge in [0, 0.05) is 0 Å². The molecule has 0 radical (unpaired) electrons. The first-order valence-electron chi connectivity index (χ1n) is 3.86. The highest BCUT2D eigenvalue weighted by Crippen LogP contribution is 1.96. The van der Waals surface area contributed by atoms with E-state index in [1.807, 2.05) is 13.0 Å². The number of carbonyl (C=O) groups excluding carboxylic acids is 1. The van der Waals surface area contributed by atoms with Crippen molar-refractivity contribution in [1.82, 2.24) is 10.3 Å². The van der Waals surface area contributed by atoms with Gasteiger partial charge < -0.3 is 9.73 Å². The highest BCUT2D eigenvalue weighted by Gasteiger charge is 2.12. The van der Waals surface area contributed by atoms with Crippen LogP contribution in [0.25, 0.3) is 0 Å². The zero-order chi connectivity index (χ0) is 9.68. The molecule has 0 spiro atoms. The molecule has 1 heterocycles. The van der Waals surface area contributed by atoms with Gasteiger partial charge in [0.15, 0.2) is 12.1 Å². The van der Waals surface area contributed by atoms with Crippen LogP contribution in [0.1, 0.15) is 23.8 Å². The van der Waals surface area contributed by atoms with E-state index in [1.165, 1.54) is 12.7 Å². The van der Waals surface area contributed by atoms with Gasteiger partial charge in [0.2, 0.25) is 0 Å². The molecule has 0 aliphatic heterocycles. The molecule has 1 aromatic rings. The van der Waals surface area contributed by atoms with Crippen molar-refractivity contribution in [1.29, 1.82) is 5.26 Å². The number of nitriles is 1. The van der Waals surface area contributed by atoms with E-state index in [0.717, 1.165) is 0 Å². The van der Waals surface area contributed by atoms with Gasteiger partial charge >= 0.3 is 0 Å². The monoisotopic (exact) mass is 179 g/mol. The number of oxazole rings is 1. The molecule has 1 atom stereocenters. The van der Waals surface area contributed by atoms with Gasteiger partial charge in [-0.1, -0.05) is 6.92 Å². The smallest absolute Gasteiger partial charge is 0.274 e. The molecule has 0 bridgehead atoms. The SMILES string of the molecule is CC[C@@H](C#N)NC(=O)c1cocn1. The van der Waals surface area contributed by atoms with E-state index in [4.69, 9.17) is 5.26 Å². The second-order valence-electron chi connectivity index (χ2n) is 2.44. The highest BCUT2D eigenvalue weighted by molar-refractivity contribution is 5.92. The van der Waals surface area contributed by atoms with E-state index in [9.17, 15) is 4.79 Å². The van der Waals surface area contributed by atoms with Crippen LogP contribution >= 0.6 is 0 Å². The van der Waals surface area contributed by atoms with Crippen molar-refractivity contribution in [3.63, 3.8) is 0 Å². The lowest BCUT2D eigenvalue weighted by Crippen LogP contribution is -2.33. The molecule has 1 rings (SSSR count). The number of rotatable bonds is 3. The third kappa shape index (κ3) is 2.30. The minimum atomic E-state index is -0.468. The number of nitrogens with zero attached hydrogens (tertiary/aromatic N) is 2. The van der Waals surface area contributed by atoms with Gasteiger partial charge in [-0.25, -0.2) is 4.98 Å². The number of carbonyl (C=O) groups is 1. The average Bonchev–Trinajstić information content (AvgIpc) is 2.66. The van der Waals surface area contributed by atoms with E-state index < -0.39 is 6.04 Å². The molecular formula is C8H9N3O2. The molecule has 1 amide bonds. The Labute approximate surface area is 75.4 Å². The maximum Gasteiger partial charge on any atom is 0.274 e. The molecule has 0 fully saturated rings. The van der Waals surface area contributed by atoms with Crippen molar-refractivity contribution in [2.75, 3.05) is 0 Å². The molecule has 0 unspecified atom stereocenters. The van der Waals surface area contributed by atoms with Crippen LogP contribution in [-0.2, 0) is 0 Å². The Hall–Kier alpha value is -1.83. The van der Waals surface area contributed by atoms with Gasteiger partial charge in [-0.3, -0.25) is 4.79 Å². The van der Waals surface area contributed by atoms with E-state index in [2.05, 4.69) is 14.7 Å². The largest absolute Gasteiger partial charge is 0.451 e. The number of hydrogen-bond donors (Lipinski definition) is 1. The van der Waals surface area contributed by atoms with Crippen LogP contribution in [0.5, 0.6) is 0 Å². The average molecular weight is 179 g/mol. The number of amides is 1. The van der Waals surface area contributed by atoms with Crippen LogP contribution in [0.4, 0.5) is 0 Å². The topological polar surface area (TPSA) is 78.9 Å². The fourth-order valence-electron chi connectivity index (χ4n) is 0.782. The molecule has 0 aliphatic carbocycles. The Morgan fingerprint density at radius 1 is 1.92 bits per heavy atom. The molecule has 68 valence electrons. The van der Waals surface area contributed by atoms with E-state index >= 15 is 0 Å². The van der Waals surface area contributed by atoms with Crippen LogP contribution in [0.15, 0.2) is 17.1 Å². The summed E-state index contributed by atoms with van der Waals surface area (Å²) in [5.74, 6) is -0.387. The fourth-order valence-corrected chi connectivity index (χ4v) is 0.782. The lowest BCUT2D eigenvalue weighted by Gasteiger charge is -2.05. The van der Waals surface area contributed by atoms with Crippen LogP contribution < -0.4 is 5.32 Å². The first kappa shape index (κ1) is 9.26. The summed E-state index contributed by atoms with van der Waals surface area (Å²) in [4.78, 5) is 14.9. The van der Waals surface area contributed by atoms with Crippen molar-refractivity contribution in [3.05, 3.63) is 18.4 Å². The number of hydrogen-bond acceptors (Lipinski definition) is 4. The molecule has 0 aliphatic rings. The highest BCUT2D eigenvalue weighted by atomic mass is 16.3. The van der Waals surface area contributed by atoms with Crippen molar-refractivity contribution >= 4 is 5.91 Å². The molecule has 13 heavy (non-hydrogen) atoms. The van der Waals surface area contributed by atoms with Crippen molar-refractivity contribution < 1.29 is 9.21 Å². The Kier molecular flexibility index (Phi) is 3.03. The van der Waals surface area contributed by atoms with Crippen LogP contribution in [0.3, 0.4) is 0 Å². The quantitative estimate of drug-likeness (QED) is 0.740. The molecule has 0 saturated heterocycles. The molecule has 5 heteroatoms. The number of aromatic nitrogens is 1. The van der Waals surface area contributed by atoms with Gasteiger partial charge in [-0.05, 0) is 6.42 Å². The van der Waals surface area contributed by atoms with Crippen LogP contribution in [0, 0.1) is 11.3 Å². The summed E-state index contributed by atoms with van der Waals surface area (Å²) in [5.41, 5.74) is 0.189. The Balaban J connectivity index is 2.57.